The summed E-state index contributed by atoms with van der Waals surface area (Å²) in [4.78, 5) is 26.6. The number of amides is 3. The number of ether oxygens (including phenoxy) is 1. The first-order valence-corrected chi connectivity index (χ1v) is 9.77. The molecule has 1 fully saturated rings. The summed E-state index contributed by atoms with van der Waals surface area (Å²) in [6, 6.07) is 16.3. The van der Waals surface area contributed by atoms with Crippen LogP contribution in [0.5, 0.6) is 0 Å². The van der Waals surface area contributed by atoms with Crippen molar-refractivity contribution in [3.63, 3.8) is 0 Å². The van der Waals surface area contributed by atoms with Crippen LogP contribution in [-0.2, 0) is 4.74 Å². The molecule has 6 heteroatoms. The maximum absolute atomic E-state index is 12.8. The maximum atomic E-state index is 12.8. The Morgan fingerprint density at radius 2 is 1.86 bits per heavy atom. The Bertz CT molecular complexity index is 771. The highest BCUT2D eigenvalue weighted by Crippen LogP contribution is 2.18. The molecule has 0 spiro atoms. The molecule has 2 aromatic rings. The van der Waals surface area contributed by atoms with Gasteiger partial charge in [0.05, 0.1) is 6.61 Å². The third-order valence-corrected chi connectivity index (χ3v) is 4.82. The highest BCUT2D eigenvalue weighted by Gasteiger charge is 2.17. The van der Waals surface area contributed by atoms with Crippen LogP contribution in [0.25, 0.3) is 0 Å². The highest BCUT2D eigenvalue weighted by molar-refractivity contribution is 6.06. The fraction of sp³-hybridized carbons (Fsp3) is 0.364. The van der Waals surface area contributed by atoms with Crippen LogP contribution in [0.4, 0.5) is 16.2 Å². The first-order valence-electron chi connectivity index (χ1n) is 9.77. The normalized spacial score (nSPS) is 16.2. The number of carbonyl (C=O) groups excluding carboxylic acids is 2. The topological polar surface area (TPSA) is 70.7 Å². The van der Waals surface area contributed by atoms with E-state index >= 15 is 0 Å². The van der Waals surface area contributed by atoms with Gasteiger partial charge in [0.2, 0.25) is 0 Å². The number of rotatable bonds is 6. The summed E-state index contributed by atoms with van der Waals surface area (Å²) < 4.78 is 5.42. The molecule has 0 aliphatic carbocycles. The van der Waals surface area contributed by atoms with Crippen LogP contribution in [0, 0.1) is 5.92 Å². The standard InChI is InChI=1S/C22H27N3O3/c1-2-25(20-8-4-3-5-9-20)21(26)18-10-12-19(13-11-18)24-22(27)23-15-17-7-6-14-28-16-17/h3-5,8-13,17H,2,6-7,14-16H2,1H3,(H2,23,24,27). The second-order valence-corrected chi connectivity index (χ2v) is 6.88. The zero-order chi connectivity index (χ0) is 19.8. The third-order valence-electron chi connectivity index (χ3n) is 4.82. The molecule has 3 amide bonds. The van der Waals surface area contributed by atoms with E-state index in [1.54, 1.807) is 29.2 Å². The highest BCUT2D eigenvalue weighted by atomic mass is 16.5. The van der Waals surface area contributed by atoms with Crippen LogP contribution in [0.2, 0.25) is 0 Å². The summed E-state index contributed by atoms with van der Waals surface area (Å²) in [6.07, 6.45) is 2.12. The molecule has 1 unspecified atom stereocenters. The van der Waals surface area contributed by atoms with E-state index in [2.05, 4.69) is 10.6 Å². The molecule has 148 valence electrons. The van der Waals surface area contributed by atoms with Gasteiger partial charge in [0, 0.05) is 36.6 Å². The predicted molar refractivity (Wildman–Crippen MR) is 111 cm³/mol. The molecule has 2 aromatic carbocycles. The number of benzene rings is 2. The average Bonchev–Trinajstić information content (AvgIpc) is 2.75. The first-order chi connectivity index (χ1) is 13.7. The van der Waals surface area contributed by atoms with Gasteiger partial charge in [-0.2, -0.15) is 0 Å². The van der Waals surface area contributed by atoms with Crippen molar-refractivity contribution >= 4 is 23.3 Å². The fourth-order valence-corrected chi connectivity index (χ4v) is 3.28. The van der Waals surface area contributed by atoms with Crippen LogP contribution in [-0.4, -0.2) is 38.2 Å². The lowest BCUT2D eigenvalue weighted by atomic mass is 10.0. The van der Waals surface area contributed by atoms with Crippen molar-refractivity contribution < 1.29 is 14.3 Å². The van der Waals surface area contributed by atoms with Crippen molar-refractivity contribution in [1.82, 2.24) is 5.32 Å². The molecule has 0 aromatic heterocycles. The van der Waals surface area contributed by atoms with Gasteiger partial charge in [-0.3, -0.25) is 4.79 Å². The Balaban J connectivity index is 1.55. The summed E-state index contributed by atoms with van der Waals surface area (Å²) in [6.45, 7) is 4.64. The van der Waals surface area contributed by atoms with E-state index in [0.29, 0.717) is 36.9 Å². The summed E-state index contributed by atoms with van der Waals surface area (Å²) in [5.41, 5.74) is 2.09. The smallest absolute Gasteiger partial charge is 0.319 e. The van der Waals surface area contributed by atoms with Crippen LogP contribution in [0.1, 0.15) is 30.1 Å². The number of hydrogen-bond donors (Lipinski definition) is 2. The number of para-hydroxylation sites is 1. The summed E-state index contributed by atoms with van der Waals surface area (Å²) in [5.74, 6) is 0.305. The Kier molecular flexibility index (Phi) is 7.03. The summed E-state index contributed by atoms with van der Waals surface area (Å²) in [7, 11) is 0. The Labute approximate surface area is 165 Å². The summed E-state index contributed by atoms with van der Waals surface area (Å²) in [5, 5.41) is 5.69. The largest absolute Gasteiger partial charge is 0.381 e. The van der Waals surface area contributed by atoms with Crippen LogP contribution in [0.3, 0.4) is 0 Å². The molecule has 2 N–H and O–H groups in total. The zero-order valence-corrected chi connectivity index (χ0v) is 16.2. The molecular formula is C22H27N3O3. The van der Waals surface area contributed by atoms with Crippen molar-refractivity contribution in [3.05, 3.63) is 60.2 Å². The van der Waals surface area contributed by atoms with Crippen molar-refractivity contribution in [2.45, 2.75) is 19.8 Å². The molecule has 1 aliphatic rings. The molecule has 1 heterocycles. The molecule has 1 atom stereocenters. The van der Waals surface area contributed by atoms with Gasteiger partial charge >= 0.3 is 6.03 Å². The molecule has 1 aliphatic heterocycles. The number of hydrogen-bond acceptors (Lipinski definition) is 3. The van der Waals surface area contributed by atoms with Gasteiger partial charge in [0.1, 0.15) is 0 Å². The van der Waals surface area contributed by atoms with E-state index in [1.807, 2.05) is 37.3 Å². The first kappa shape index (κ1) is 19.9. The molecule has 0 bridgehead atoms. The van der Waals surface area contributed by atoms with Crippen molar-refractivity contribution in [2.24, 2.45) is 5.92 Å². The second kappa shape index (κ2) is 9.90. The van der Waals surface area contributed by atoms with Crippen molar-refractivity contribution in [1.29, 1.82) is 0 Å². The van der Waals surface area contributed by atoms with Crippen molar-refractivity contribution in [3.8, 4) is 0 Å². The van der Waals surface area contributed by atoms with Gasteiger partial charge in [0.25, 0.3) is 5.91 Å². The lowest BCUT2D eigenvalue weighted by molar-refractivity contribution is 0.0559. The fourth-order valence-electron chi connectivity index (χ4n) is 3.28. The van der Waals surface area contributed by atoms with Gasteiger partial charge in [-0.1, -0.05) is 18.2 Å². The molecular weight excluding hydrogens is 354 g/mol. The minimum absolute atomic E-state index is 0.0676. The molecule has 0 saturated carbocycles. The van der Waals surface area contributed by atoms with E-state index < -0.39 is 0 Å². The maximum Gasteiger partial charge on any atom is 0.319 e. The average molecular weight is 381 g/mol. The molecule has 0 radical (unpaired) electrons. The van der Waals surface area contributed by atoms with E-state index in [0.717, 1.165) is 25.1 Å². The number of urea groups is 1. The molecule has 3 rings (SSSR count). The minimum atomic E-state index is -0.246. The number of carbonyl (C=O) groups is 2. The van der Waals surface area contributed by atoms with E-state index in [4.69, 9.17) is 4.74 Å². The van der Waals surface area contributed by atoms with E-state index in [1.165, 1.54) is 0 Å². The molecule has 28 heavy (non-hydrogen) atoms. The lowest BCUT2D eigenvalue weighted by Gasteiger charge is -2.22. The zero-order valence-electron chi connectivity index (χ0n) is 16.2. The lowest BCUT2D eigenvalue weighted by Crippen LogP contribution is -2.35. The Hall–Kier alpha value is -2.86. The van der Waals surface area contributed by atoms with Gasteiger partial charge in [-0.15, -0.1) is 0 Å². The number of nitrogens with one attached hydrogen (secondary N) is 2. The third kappa shape index (κ3) is 5.33. The number of nitrogens with zero attached hydrogens (tertiary/aromatic N) is 1. The predicted octanol–water partition coefficient (Wildman–Crippen LogP) is 3.90. The molecule has 6 nitrogen and oxygen atoms in total. The van der Waals surface area contributed by atoms with Gasteiger partial charge in [0.15, 0.2) is 0 Å². The Morgan fingerprint density at radius 3 is 2.50 bits per heavy atom. The SMILES string of the molecule is CCN(C(=O)c1ccc(NC(=O)NCC2CCCOC2)cc1)c1ccccc1. The van der Waals surface area contributed by atoms with Crippen LogP contribution >= 0.6 is 0 Å². The van der Waals surface area contributed by atoms with E-state index in [-0.39, 0.29) is 11.9 Å². The quantitative estimate of drug-likeness (QED) is 0.797. The van der Waals surface area contributed by atoms with Crippen LogP contribution < -0.4 is 15.5 Å². The monoisotopic (exact) mass is 381 g/mol. The van der Waals surface area contributed by atoms with Gasteiger partial charge in [-0.25, -0.2) is 4.79 Å². The van der Waals surface area contributed by atoms with Gasteiger partial charge < -0.3 is 20.3 Å². The Morgan fingerprint density at radius 1 is 1.11 bits per heavy atom. The van der Waals surface area contributed by atoms with Gasteiger partial charge in [-0.05, 0) is 62.1 Å². The minimum Gasteiger partial charge on any atom is -0.381 e. The summed E-state index contributed by atoms with van der Waals surface area (Å²) >= 11 is 0. The number of anilines is 2. The van der Waals surface area contributed by atoms with E-state index in [9.17, 15) is 9.59 Å². The molecule has 1 saturated heterocycles. The van der Waals surface area contributed by atoms with Crippen LogP contribution in [0.15, 0.2) is 54.6 Å². The second-order valence-electron chi connectivity index (χ2n) is 6.88. The van der Waals surface area contributed by atoms with Crippen molar-refractivity contribution in [2.75, 3.05) is 36.5 Å².